The molecule has 0 amide bonds. The van der Waals surface area contributed by atoms with Crippen LogP contribution in [0, 0.1) is 0 Å². The molecule has 0 saturated carbocycles. The van der Waals surface area contributed by atoms with Gasteiger partial charge < -0.3 is 0 Å². The first-order valence-electron chi connectivity index (χ1n) is 10.3. The van der Waals surface area contributed by atoms with E-state index in [-0.39, 0.29) is 0 Å². The summed E-state index contributed by atoms with van der Waals surface area (Å²) in [4.78, 5) is 14.1. The van der Waals surface area contributed by atoms with Gasteiger partial charge in [0.1, 0.15) is 5.02 Å². The monoisotopic (exact) mass is 432 g/mol. The standard InChI is InChI=1S/C27H17ClN4/c28-24-25(19-11-8-16-29-17-19)30-26(18-9-2-1-3-10-18)31-27(24)32-22-14-6-4-12-20(22)21-13-5-7-15-23(21)32/h1-17H. The summed E-state index contributed by atoms with van der Waals surface area (Å²) in [6.07, 6.45) is 3.52. The highest BCUT2D eigenvalue weighted by Crippen LogP contribution is 2.37. The maximum absolute atomic E-state index is 7.02. The SMILES string of the molecule is Clc1c(-c2cccnc2)nc(-c2ccccc2)nc1-n1c2ccccc2c2ccccc21. The van der Waals surface area contributed by atoms with Crippen LogP contribution in [0.1, 0.15) is 0 Å². The number of aromatic nitrogens is 4. The fraction of sp³-hybridized carbons (Fsp3) is 0. The minimum Gasteiger partial charge on any atom is -0.292 e. The molecule has 0 unspecified atom stereocenters. The molecular weight excluding hydrogens is 416 g/mol. The molecule has 6 aromatic rings. The molecule has 6 rings (SSSR count). The molecule has 3 aromatic heterocycles. The third-order valence-corrected chi connectivity index (χ3v) is 5.94. The van der Waals surface area contributed by atoms with Gasteiger partial charge in [-0.25, -0.2) is 9.97 Å². The lowest BCUT2D eigenvalue weighted by molar-refractivity contribution is 1.05. The van der Waals surface area contributed by atoms with Gasteiger partial charge in [0.2, 0.25) is 0 Å². The van der Waals surface area contributed by atoms with E-state index in [1.807, 2.05) is 54.6 Å². The highest BCUT2D eigenvalue weighted by molar-refractivity contribution is 6.35. The van der Waals surface area contributed by atoms with Crippen LogP contribution < -0.4 is 0 Å². The van der Waals surface area contributed by atoms with E-state index >= 15 is 0 Å². The van der Waals surface area contributed by atoms with Crippen LogP contribution >= 0.6 is 11.6 Å². The van der Waals surface area contributed by atoms with Crippen molar-refractivity contribution in [3.8, 4) is 28.5 Å². The predicted molar refractivity (Wildman–Crippen MR) is 130 cm³/mol. The van der Waals surface area contributed by atoms with Gasteiger partial charge in [0.15, 0.2) is 11.6 Å². The van der Waals surface area contributed by atoms with Gasteiger partial charge in [-0.15, -0.1) is 0 Å². The van der Waals surface area contributed by atoms with Crippen molar-refractivity contribution in [3.05, 3.63) is 108 Å². The Labute approximate surface area is 189 Å². The van der Waals surface area contributed by atoms with Crippen molar-refractivity contribution in [2.75, 3.05) is 0 Å². The van der Waals surface area contributed by atoms with Crippen LogP contribution in [-0.4, -0.2) is 19.5 Å². The number of rotatable bonds is 3. The van der Waals surface area contributed by atoms with Crippen molar-refractivity contribution in [1.29, 1.82) is 0 Å². The van der Waals surface area contributed by atoms with Crippen LogP contribution in [-0.2, 0) is 0 Å². The normalized spacial score (nSPS) is 11.3. The summed E-state index contributed by atoms with van der Waals surface area (Å²) >= 11 is 7.02. The molecule has 0 fully saturated rings. The van der Waals surface area contributed by atoms with Crippen LogP contribution in [0.5, 0.6) is 0 Å². The third-order valence-electron chi connectivity index (χ3n) is 5.59. The number of pyridine rings is 1. The zero-order chi connectivity index (χ0) is 21.5. The van der Waals surface area contributed by atoms with E-state index in [0.29, 0.717) is 22.4 Å². The zero-order valence-corrected chi connectivity index (χ0v) is 17.7. The number of fused-ring (bicyclic) bond motifs is 3. The average Bonchev–Trinajstić information content (AvgIpc) is 3.20. The highest BCUT2D eigenvalue weighted by Gasteiger charge is 2.20. The van der Waals surface area contributed by atoms with Crippen molar-refractivity contribution in [3.63, 3.8) is 0 Å². The minimum absolute atomic E-state index is 0.490. The minimum atomic E-state index is 0.490. The molecule has 4 nitrogen and oxygen atoms in total. The van der Waals surface area contributed by atoms with Crippen LogP contribution in [0.4, 0.5) is 0 Å². The molecule has 152 valence electrons. The summed E-state index contributed by atoms with van der Waals surface area (Å²) in [7, 11) is 0. The smallest absolute Gasteiger partial charge is 0.162 e. The van der Waals surface area contributed by atoms with E-state index in [4.69, 9.17) is 21.6 Å². The highest BCUT2D eigenvalue weighted by atomic mass is 35.5. The first kappa shape index (κ1) is 18.7. The fourth-order valence-corrected chi connectivity index (χ4v) is 4.42. The summed E-state index contributed by atoms with van der Waals surface area (Å²) < 4.78 is 2.13. The van der Waals surface area contributed by atoms with Gasteiger partial charge in [0.05, 0.1) is 16.7 Å². The molecule has 0 bridgehead atoms. The van der Waals surface area contributed by atoms with E-state index < -0.39 is 0 Å². The summed E-state index contributed by atoms with van der Waals surface area (Å²) in [5, 5.41) is 2.80. The Kier molecular flexibility index (Phi) is 4.44. The molecule has 5 heteroatoms. The quantitative estimate of drug-likeness (QED) is 0.303. The summed E-state index contributed by atoms with van der Waals surface area (Å²) in [5.74, 6) is 1.27. The Balaban J connectivity index is 1.74. The van der Waals surface area contributed by atoms with Crippen LogP contribution in [0.2, 0.25) is 5.02 Å². The van der Waals surface area contributed by atoms with Gasteiger partial charge in [-0.1, -0.05) is 78.3 Å². The molecule has 0 aliphatic carbocycles. The maximum atomic E-state index is 7.02. The summed E-state index contributed by atoms with van der Waals surface area (Å²) in [5.41, 5.74) is 4.52. The van der Waals surface area contributed by atoms with Gasteiger partial charge >= 0.3 is 0 Å². The van der Waals surface area contributed by atoms with E-state index in [2.05, 4.69) is 45.9 Å². The second-order valence-corrected chi connectivity index (χ2v) is 7.89. The van der Waals surface area contributed by atoms with E-state index in [1.54, 1.807) is 12.4 Å². The van der Waals surface area contributed by atoms with Crippen molar-refractivity contribution in [2.45, 2.75) is 0 Å². The topological polar surface area (TPSA) is 43.6 Å². The van der Waals surface area contributed by atoms with E-state index in [1.165, 1.54) is 0 Å². The van der Waals surface area contributed by atoms with Gasteiger partial charge in [-0.05, 0) is 24.3 Å². The molecule has 32 heavy (non-hydrogen) atoms. The number of halogens is 1. The number of nitrogens with zero attached hydrogens (tertiary/aromatic N) is 4. The van der Waals surface area contributed by atoms with Crippen molar-refractivity contribution in [1.82, 2.24) is 19.5 Å². The maximum Gasteiger partial charge on any atom is 0.162 e. The lowest BCUT2D eigenvalue weighted by Gasteiger charge is -2.14. The molecule has 0 N–H and O–H groups in total. The molecule has 3 aromatic carbocycles. The van der Waals surface area contributed by atoms with E-state index in [9.17, 15) is 0 Å². The molecule has 3 heterocycles. The fourth-order valence-electron chi connectivity index (χ4n) is 4.14. The van der Waals surface area contributed by atoms with Gasteiger partial charge in [0, 0.05) is 34.3 Å². The number of hydrogen-bond acceptors (Lipinski definition) is 3. The lowest BCUT2D eigenvalue weighted by Crippen LogP contribution is -2.04. The zero-order valence-electron chi connectivity index (χ0n) is 17.0. The van der Waals surface area contributed by atoms with Gasteiger partial charge in [-0.2, -0.15) is 0 Å². The number of hydrogen-bond donors (Lipinski definition) is 0. The Morgan fingerprint density at radius 2 is 1.25 bits per heavy atom. The Morgan fingerprint density at radius 1 is 0.625 bits per heavy atom. The summed E-state index contributed by atoms with van der Waals surface area (Å²) in [6, 6.07) is 30.4. The summed E-state index contributed by atoms with van der Waals surface area (Å²) in [6.45, 7) is 0. The second-order valence-electron chi connectivity index (χ2n) is 7.51. The van der Waals surface area contributed by atoms with Crippen LogP contribution in [0.3, 0.4) is 0 Å². The third kappa shape index (κ3) is 2.96. The number of para-hydroxylation sites is 2. The van der Waals surface area contributed by atoms with Gasteiger partial charge in [-0.3, -0.25) is 9.55 Å². The first-order valence-corrected chi connectivity index (χ1v) is 10.7. The first-order chi connectivity index (χ1) is 15.8. The van der Waals surface area contributed by atoms with Crippen molar-refractivity contribution in [2.24, 2.45) is 0 Å². The van der Waals surface area contributed by atoms with Crippen molar-refractivity contribution < 1.29 is 0 Å². The van der Waals surface area contributed by atoms with E-state index in [0.717, 1.165) is 32.9 Å². The predicted octanol–water partition coefficient (Wildman–Crippen LogP) is 6.96. The largest absolute Gasteiger partial charge is 0.292 e. The molecule has 0 spiro atoms. The molecule has 0 saturated heterocycles. The number of benzene rings is 3. The van der Waals surface area contributed by atoms with Crippen molar-refractivity contribution >= 4 is 33.4 Å². The Bertz CT molecular complexity index is 1520. The van der Waals surface area contributed by atoms with Gasteiger partial charge in [0.25, 0.3) is 0 Å². The molecule has 0 radical (unpaired) electrons. The molecule has 0 aliphatic rings. The Hall–Kier alpha value is -4.02. The van der Waals surface area contributed by atoms with Crippen LogP contribution in [0.25, 0.3) is 50.3 Å². The lowest BCUT2D eigenvalue weighted by atomic mass is 10.1. The molecule has 0 atom stereocenters. The molecule has 0 aliphatic heterocycles. The van der Waals surface area contributed by atoms with Crippen LogP contribution in [0.15, 0.2) is 103 Å². The molecular formula is C27H17ClN4. The Morgan fingerprint density at radius 3 is 1.91 bits per heavy atom. The second kappa shape index (κ2) is 7.59. The average molecular weight is 433 g/mol.